The fourth-order valence-corrected chi connectivity index (χ4v) is 1.54. The van der Waals surface area contributed by atoms with Crippen LogP contribution in [0.3, 0.4) is 0 Å². The van der Waals surface area contributed by atoms with E-state index in [4.69, 9.17) is 4.74 Å². The molecule has 1 saturated carbocycles. The van der Waals surface area contributed by atoms with Gasteiger partial charge in [-0.05, 0) is 37.9 Å². The smallest absolute Gasteiger partial charge is 0.238 e. The molecule has 17 heavy (non-hydrogen) atoms. The predicted octanol–water partition coefficient (Wildman–Crippen LogP) is 1.63. The first-order chi connectivity index (χ1) is 8.29. The molecule has 0 radical (unpaired) electrons. The molecule has 4 heteroatoms. The van der Waals surface area contributed by atoms with E-state index in [-0.39, 0.29) is 5.91 Å². The molecule has 4 nitrogen and oxygen atoms in total. The fourth-order valence-electron chi connectivity index (χ4n) is 1.54. The van der Waals surface area contributed by atoms with Gasteiger partial charge in [-0.25, -0.2) is 0 Å². The Hall–Kier alpha value is -1.55. The molecule has 0 aliphatic heterocycles. The maximum Gasteiger partial charge on any atom is 0.238 e. The molecule has 1 aliphatic rings. The van der Waals surface area contributed by atoms with Gasteiger partial charge in [-0.15, -0.1) is 0 Å². The number of hydrogen-bond donors (Lipinski definition) is 2. The van der Waals surface area contributed by atoms with E-state index >= 15 is 0 Å². The minimum atomic E-state index is -0.0602. The Kier molecular flexibility index (Phi) is 3.98. The molecule has 1 fully saturated rings. The molecule has 2 rings (SSSR count). The molecule has 0 heterocycles. The Bertz CT molecular complexity index is 389. The van der Waals surface area contributed by atoms with Crippen LogP contribution in [0.2, 0.25) is 0 Å². The van der Waals surface area contributed by atoms with Crippen molar-refractivity contribution >= 4 is 11.6 Å². The maximum atomic E-state index is 11.5. The van der Waals surface area contributed by atoms with Crippen LogP contribution in [0.15, 0.2) is 24.3 Å². The van der Waals surface area contributed by atoms with Gasteiger partial charge < -0.3 is 15.4 Å². The van der Waals surface area contributed by atoms with E-state index in [1.165, 1.54) is 12.8 Å². The number of anilines is 1. The molecular weight excluding hydrogens is 216 g/mol. The Morgan fingerprint density at radius 1 is 1.41 bits per heavy atom. The second-order valence-corrected chi connectivity index (χ2v) is 4.33. The van der Waals surface area contributed by atoms with Gasteiger partial charge in [0.05, 0.1) is 18.8 Å². The highest BCUT2D eigenvalue weighted by Gasteiger charge is 2.22. The molecule has 0 aromatic heterocycles. The number of amides is 1. The van der Waals surface area contributed by atoms with Crippen LogP contribution in [0.25, 0.3) is 0 Å². The molecule has 92 valence electrons. The molecule has 0 atom stereocenters. The van der Waals surface area contributed by atoms with E-state index in [0.29, 0.717) is 12.5 Å². The van der Waals surface area contributed by atoms with E-state index in [2.05, 4.69) is 10.6 Å². The van der Waals surface area contributed by atoms with Crippen molar-refractivity contribution in [2.24, 2.45) is 5.92 Å². The molecule has 1 aromatic carbocycles. The third kappa shape index (κ3) is 3.75. The molecule has 0 unspecified atom stereocenters. The first-order valence-electron chi connectivity index (χ1n) is 5.96. The average molecular weight is 234 g/mol. The Morgan fingerprint density at radius 2 is 2.18 bits per heavy atom. The second kappa shape index (κ2) is 5.68. The number of para-hydroxylation sites is 2. The standard InChI is InChI=1S/C13H18N2O2/c1-14-8-13(16)15-11-4-2-3-5-12(11)17-9-10-6-7-10/h2-5,10,14H,6-9H2,1H3,(H,15,16). The molecule has 0 bridgehead atoms. The van der Waals surface area contributed by atoms with Crippen LogP contribution in [0, 0.1) is 5.92 Å². The highest BCUT2D eigenvalue weighted by Crippen LogP contribution is 2.31. The van der Waals surface area contributed by atoms with Gasteiger partial charge in [0.1, 0.15) is 5.75 Å². The van der Waals surface area contributed by atoms with E-state index in [9.17, 15) is 4.79 Å². The fraction of sp³-hybridized carbons (Fsp3) is 0.462. The van der Waals surface area contributed by atoms with Crippen molar-refractivity contribution in [2.75, 3.05) is 25.5 Å². The molecule has 2 N–H and O–H groups in total. The Labute approximate surface area is 101 Å². The van der Waals surface area contributed by atoms with Crippen molar-refractivity contribution in [3.63, 3.8) is 0 Å². The number of carbonyl (C=O) groups excluding carboxylic acids is 1. The average Bonchev–Trinajstić information content (AvgIpc) is 3.12. The number of rotatable bonds is 6. The SMILES string of the molecule is CNCC(=O)Nc1ccccc1OCC1CC1. The van der Waals surface area contributed by atoms with Crippen LogP contribution in [0.4, 0.5) is 5.69 Å². The minimum Gasteiger partial charge on any atom is -0.491 e. The quantitative estimate of drug-likeness (QED) is 0.786. The summed E-state index contributed by atoms with van der Waals surface area (Å²) in [6.07, 6.45) is 2.52. The number of carbonyl (C=O) groups is 1. The first-order valence-corrected chi connectivity index (χ1v) is 5.96. The summed E-state index contributed by atoms with van der Waals surface area (Å²) in [5.74, 6) is 1.40. The van der Waals surface area contributed by atoms with Crippen LogP contribution >= 0.6 is 0 Å². The summed E-state index contributed by atoms with van der Waals surface area (Å²) in [6.45, 7) is 1.05. The third-order valence-corrected chi connectivity index (χ3v) is 2.67. The summed E-state index contributed by atoms with van der Waals surface area (Å²) < 4.78 is 5.70. The number of hydrogen-bond acceptors (Lipinski definition) is 3. The summed E-state index contributed by atoms with van der Waals surface area (Å²) in [4.78, 5) is 11.5. The lowest BCUT2D eigenvalue weighted by Gasteiger charge is -2.11. The van der Waals surface area contributed by atoms with Crippen LogP contribution in [-0.2, 0) is 4.79 Å². The van der Waals surface area contributed by atoms with Gasteiger partial charge >= 0.3 is 0 Å². The lowest BCUT2D eigenvalue weighted by atomic mass is 10.3. The number of ether oxygens (including phenoxy) is 1. The van der Waals surface area contributed by atoms with Crippen LogP contribution in [0.1, 0.15) is 12.8 Å². The lowest BCUT2D eigenvalue weighted by Crippen LogP contribution is -2.25. The van der Waals surface area contributed by atoms with E-state index in [1.807, 2.05) is 24.3 Å². The number of nitrogens with one attached hydrogen (secondary N) is 2. The van der Waals surface area contributed by atoms with E-state index < -0.39 is 0 Å². The summed E-state index contributed by atoms with van der Waals surface area (Å²) >= 11 is 0. The van der Waals surface area contributed by atoms with Gasteiger partial charge in [-0.3, -0.25) is 4.79 Å². The van der Waals surface area contributed by atoms with E-state index in [1.54, 1.807) is 7.05 Å². The largest absolute Gasteiger partial charge is 0.491 e. The summed E-state index contributed by atoms with van der Waals surface area (Å²) in [7, 11) is 1.75. The van der Waals surface area contributed by atoms with Crippen molar-refractivity contribution in [3.05, 3.63) is 24.3 Å². The van der Waals surface area contributed by atoms with Gasteiger partial charge in [-0.2, -0.15) is 0 Å². The summed E-state index contributed by atoms with van der Waals surface area (Å²) in [5, 5.41) is 5.64. The topological polar surface area (TPSA) is 50.4 Å². The van der Waals surface area contributed by atoms with Crippen LogP contribution in [-0.4, -0.2) is 26.1 Å². The third-order valence-electron chi connectivity index (χ3n) is 2.67. The zero-order chi connectivity index (χ0) is 12.1. The van der Waals surface area contributed by atoms with E-state index in [0.717, 1.165) is 18.0 Å². The van der Waals surface area contributed by atoms with Crippen molar-refractivity contribution in [2.45, 2.75) is 12.8 Å². The monoisotopic (exact) mass is 234 g/mol. The van der Waals surface area contributed by atoms with Gasteiger partial charge in [0.2, 0.25) is 5.91 Å². The van der Waals surface area contributed by atoms with Crippen molar-refractivity contribution in [3.8, 4) is 5.75 Å². The van der Waals surface area contributed by atoms with Crippen molar-refractivity contribution in [1.82, 2.24) is 5.32 Å². The number of likely N-dealkylation sites (N-methyl/N-ethyl adjacent to an activating group) is 1. The van der Waals surface area contributed by atoms with Crippen molar-refractivity contribution < 1.29 is 9.53 Å². The molecule has 1 aliphatic carbocycles. The maximum absolute atomic E-state index is 11.5. The zero-order valence-corrected chi connectivity index (χ0v) is 10.0. The zero-order valence-electron chi connectivity index (χ0n) is 10.0. The first kappa shape index (κ1) is 11.9. The van der Waals surface area contributed by atoms with Gasteiger partial charge in [0.15, 0.2) is 0 Å². The molecule has 0 spiro atoms. The van der Waals surface area contributed by atoms with Crippen LogP contribution < -0.4 is 15.4 Å². The number of benzene rings is 1. The van der Waals surface area contributed by atoms with Gasteiger partial charge in [0.25, 0.3) is 0 Å². The normalized spacial score (nSPS) is 14.4. The lowest BCUT2D eigenvalue weighted by molar-refractivity contribution is -0.115. The predicted molar refractivity (Wildman–Crippen MR) is 67.2 cm³/mol. The van der Waals surface area contributed by atoms with Crippen molar-refractivity contribution in [1.29, 1.82) is 0 Å². The molecular formula is C13H18N2O2. The van der Waals surface area contributed by atoms with Crippen LogP contribution in [0.5, 0.6) is 5.75 Å². The van der Waals surface area contributed by atoms with Gasteiger partial charge in [0, 0.05) is 0 Å². The highest BCUT2D eigenvalue weighted by atomic mass is 16.5. The second-order valence-electron chi connectivity index (χ2n) is 4.33. The van der Waals surface area contributed by atoms with Gasteiger partial charge in [-0.1, -0.05) is 12.1 Å². The Morgan fingerprint density at radius 3 is 2.88 bits per heavy atom. The molecule has 1 aromatic rings. The minimum absolute atomic E-state index is 0.0602. The molecule has 0 saturated heterocycles. The Balaban J connectivity index is 1.96. The summed E-state index contributed by atoms with van der Waals surface area (Å²) in [6, 6.07) is 7.54. The highest BCUT2D eigenvalue weighted by molar-refractivity contribution is 5.93. The summed E-state index contributed by atoms with van der Waals surface area (Å²) in [5.41, 5.74) is 0.744. The molecule has 1 amide bonds.